The Hall–Kier alpha value is -3.22. The molecule has 0 unspecified atom stereocenters. The Labute approximate surface area is 166 Å². The van der Waals surface area contributed by atoms with E-state index in [1.165, 1.54) is 0 Å². The highest BCUT2D eigenvalue weighted by Crippen LogP contribution is 2.30. The molecule has 4 aromatic rings. The van der Waals surface area contributed by atoms with Gasteiger partial charge in [0.2, 0.25) is 5.95 Å². The van der Waals surface area contributed by atoms with Crippen LogP contribution in [0.2, 0.25) is 0 Å². The molecule has 3 aromatic heterocycles. The van der Waals surface area contributed by atoms with Gasteiger partial charge in [0.1, 0.15) is 5.82 Å². The molecule has 0 aliphatic heterocycles. The molecule has 0 fully saturated rings. The highest BCUT2D eigenvalue weighted by atomic mass is 15.1. The lowest BCUT2D eigenvalue weighted by atomic mass is 10.1. The van der Waals surface area contributed by atoms with Crippen molar-refractivity contribution in [2.45, 2.75) is 41.0 Å². The third-order valence-electron chi connectivity index (χ3n) is 3.95. The number of hydrogen-bond donors (Lipinski definition) is 3. The molecule has 0 spiro atoms. The highest BCUT2D eigenvalue weighted by molar-refractivity contribution is 5.85. The lowest BCUT2D eigenvalue weighted by Crippen LogP contribution is -1.96. The maximum Gasteiger partial charge on any atom is 0.222 e. The van der Waals surface area contributed by atoms with Crippen LogP contribution in [0.1, 0.15) is 40.4 Å². The molecule has 1 aromatic carbocycles. The molecule has 148 valence electrons. The van der Waals surface area contributed by atoms with Crippen molar-refractivity contribution in [1.29, 1.82) is 0 Å². The third kappa shape index (κ3) is 4.36. The first-order valence-corrected chi connectivity index (χ1v) is 9.82. The quantitative estimate of drug-likeness (QED) is 0.460. The van der Waals surface area contributed by atoms with Crippen LogP contribution in [0.25, 0.3) is 33.5 Å². The fourth-order valence-electron chi connectivity index (χ4n) is 2.71. The number of aromatic nitrogens is 6. The van der Waals surface area contributed by atoms with Gasteiger partial charge in [-0.2, -0.15) is 5.10 Å². The number of nitrogens with one attached hydrogen (secondary N) is 3. The van der Waals surface area contributed by atoms with E-state index in [2.05, 4.69) is 48.4 Å². The van der Waals surface area contributed by atoms with Crippen molar-refractivity contribution < 1.29 is 0 Å². The molecule has 0 aliphatic rings. The maximum atomic E-state index is 4.55. The van der Waals surface area contributed by atoms with Crippen molar-refractivity contribution in [3.8, 4) is 22.5 Å². The number of benzene rings is 1. The summed E-state index contributed by atoms with van der Waals surface area (Å²) in [6.45, 7) is 10.1. The summed E-state index contributed by atoms with van der Waals surface area (Å²) in [6, 6.07) is 8.02. The van der Waals surface area contributed by atoms with Crippen LogP contribution < -0.4 is 5.32 Å². The molecule has 0 aliphatic carbocycles. The summed E-state index contributed by atoms with van der Waals surface area (Å²) in [6.07, 6.45) is 4.40. The molecule has 3 N–H and O–H groups in total. The average molecular weight is 380 g/mol. The summed E-state index contributed by atoms with van der Waals surface area (Å²) in [7, 11) is 1.80. The predicted octanol–water partition coefficient (Wildman–Crippen LogP) is 5.07. The van der Waals surface area contributed by atoms with Crippen LogP contribution in [-0.4, -0.2) is 37.2 Å². The third-order valence-corrected chi connectivity index (χ3v) is 3.95. The number of imidazole rings is 1. The van der Waals surface area contributed by atoms with E-state index in [1.807, 2.05) is 45.9 Å². The van der Waals surface area contributed by atoms with E-state index in [0.29, 0.717) is 5.95 Å². The van der Waals surface area contributed by atoms with E-state index in [-0.39, 0.29) is 0 Å². The number of rotatable bonds is 4. The van der Waals surface area contributed by atoms with Crippen molar-refractivity contribution in [3.05, 3.63) is 42.5 Å². The number of H-pyrrole nitrogens is 2. The first kappa shape index (κ1) is 21.1. The fraction of sp³-hybridized carbons (Fsp3) is 0.333. The van der Waals surface area contributed by atoms with Gasteiger partial charge in [0.05, 0.1) is 28.6 Å². The van der Waals surface area contributed by atoms with Gasteiger partial charge >= 0.3 is 0 Å². The largest absolute Gasteiger partial charge is 0.357 e. The van der Waals surface area contributed by atoms with Gasteiger partial charge in [-0.15, -0.1) is 0 Å². The second kappa shape index (κ2) is 10.2. The SMILES string of the molecule is CC.CC.CCc1nc2ccc(-c3[nH]ncc3-c3ccnc(NC)n3)cc2[nH]1. The lowest BCUT2D eigenvalue weighted by Gasteiger charge is -2.05. The number of aryl methyl sites for hydroxylation is 1. The standard InChI is InChI=1S/C17H17N7.2C2H6/c1-3-15-21-13-5-4-10(8-14(13)22-15)16-11(9-20-24-16)12-6-7-19-17(18-2)23-12;2*1-2/h4-9H,3H2,1-2H3,(H,20,24)(H,21,22)(H,18,19,23);2*1-2H3. The minimum Gasteiger partial charge on any atom is -0.357 e. The lowest BCUT2D eigenvalue weighted by molar-refractivity contribution is 1.00. The van der Waals surface area contributed by atoms with Crippen molar-refractivity contribution in [2.75, 3.05) is 12.4 Å². The number of aromatic amines is 2. The second-order valence-electron chi connectivity index (χ2n) is 5.44. The minimum atomic E-state index is 0.580. The molecular formula is C21H29N7. The number of hydrogen-bond acceptors (Lipinski definition) is 5. The van der Waals surface area contributed by atoms with Crippen LogP contribution in [-0.2, 0) is 6.42 Å². The topological polar surface area (TPSA) is 95.2 Å². The van der Waals surface area contributed by atoms with Gasteiger partial charge in [-0.05, 0) is 18.2 Å². The molecule has 7 heteroatoms. The number of anilines is 1. The first-order chi connectivity index (χ1) is 13.8. The molecule has 4 rings (SSSR count). The Morgan fingerprint density at radius 1 is 1.04 bits per heavy atom. The van der Waals surface area contributed by atoms with E-state index in [1.54, 1.807) is 19.4 Å². The van der Waals surface area contributed by atoms with E-state index in [9.17, 15) is 0 Å². The Bertz CT molecular complexity index is 1000. The monoisotopic (exact) mass is 379 g/mol. The van der Waals surface area contributed by atoms with Crippen molar-refractivity contribution in [1.82, 2.24) is 30.1 Å². The molecule has 0 saturated carbocycles. The van der Waals surface area contributed by atoms with Crippen LogP contribution in [0.15, 0.2) is 36.7 Å². The van der Waals surface area contributed by atoms with Crippen molar-refractivity contribution >= 4 is 17.0 Å². The summed E-state index contributed by atoms with van der Waals surface area (Å²) < 4.78 is 0. The average Bonchev–Trinajstić information content (AvgIpc) is 3.43. The van der Waals surface area contributed by atoms with Gasteiger partial charge < -0.3 is 10.3 Å². The van der Waals surface area contributed by atoms with Gasteiger partial charge in [0.25, 0.3) is 0 Å². The van der Waals surface area contributed by atoms with Gasteiger partial charge in [-0.25, -0.2) is 15.0 Å². The Balaban J connectivity index is 0.000000660. The summed E-state index contributed by atoms with van der Waals surface area (Å²) in [4.78, 5) is 16.5. The second-order valence-corrected chi connectivity index (χ2v) is 5.44. The number of nitrogens with zero attached hydrogens (tertiary/aromatic N) is 4. The normalized spacial score (nSPS) is 9.93. The van der Waals surface area contributed by atoms with Gasteiger partial charge in [-0.3, -0.25) is 5.10 Å². The minimum absolute atomic E-state index is 0.580. The number of fused-ring (bicyclic) bond motifs is 1. The van der Waals surface area contributed by atoms with Crippen LogP contribution in [0, 0.1) is 0 Å². The van der Waals surface area contributed by atoms with Gasteiger partial charge in [0, 0.05) is 30.8 Å². The Kier molecular flexibility index (Phi) is 7.68. The summed E-state index contributed by atoms with van der Waals surface area (Å²) in [5.74, 6) is 1.57. The van der Waals surface area contributed by atoms with Crippen LogP contribution in [0.5, 0.6) is 0 Å². The summed E-state index contributed by atoms with van der Waals surface area (Å²) in [5, 5.41) is 10.2. The zero-order valence-electron chi connectivity index (χ0n) is 17.5. The summed E-state index contributed by atoms with van der Waals surface area (Å²) in [5.41, 5.74) is 5.69. The first-order valence-electron chi connectivity index (χ1n) is 9.82. The van der Waals surface area contributed by atoms with Crippen LogP contribution in [0.3, 0.4) is 0 Å². The molecule has 0 radical (unpaired) electrons. The Morgan fingerprint density at radius 2 is 1.82 bits per heavy atom. The molecule has 28 heavy (non-hydrogen) atoms. The van der Waals surface area contributed by atoms with Gasteiger partial charge in [0.15, 0.2) is 0 Å². The van der Waals surface area contributed by atoms with E-state index >= 15 is 0 Å². The zero-order valence-corrected chi connectivity index (χ0v) is 17.5. The van der Waals surface area contributed by atoms with Crippen LogP contribution >= 0.6 is 0 Å². The highest BCUT2D eigenvalue weighted by Gasteiger charge is 2.13. The molecule has 0 amide bonds. The zero-order chi connectivity index (χ0) is 20.5. The molecule has 0 atom stereocenters. The van der Waals surface area contributed by atoms with Crippen LogP contribution in [0.4, 0.5) is 5.95 Å². The molecule has 0 bridgehead atoms. The predicted molar refractivity (Wildman–Crippen MR) is 116 cm³/mol. The smallest absolute Gasteiger partial charge is 0.222 e. The summed E-state index contributed by atoms with van der Waals surface area (Å²) >= 11 is 0. The van der Waals surface area contributed by atoms with E-state index in [0.717, 1.165) is 45.8 Å². The van der Waals surface area contributed by atoms with Gasteiger partial charge in [-0.1, -0.05) is 40.7 Å². The van der Waals surface area contributed by atoms with Crippen molar-refractivity contribution in [2.24, 2.45) is 0 Å². The van der Waals surface area contributed by atoms with E-state index < -0.39 is 0 Å². The Morgan fingerprint density at radius 3 is 2.54 bits per heavy atom. The molecule has 7 nitrogen and oxygen atoms in total. The fourth-order valence-corrected chi connectivity index (χ4v) is 2.71. The molecular weight excluding hydrogens is 350 g/mol. The molecule has 3 heterocycles. The molecule has 0 saturated heterocycles. The maximum absolute atomic E-state index is 4.55. The van der Waals surface area contributed by atoms with Crippen molar-refractivity contribution in [3.63, 3.8) is 0 Å². The van der Waals surface area contributed by atoms with E-state index in [4.69, 9.17) is 0 Å².